The van der Waals surface area contributed by atoms with Gasteiger partial charge in [0.05, 0.1) is 11.3 Å². The fourth-order valence-corrected chi connectivity index (χ4v) is 1.57. The number of hydrogen-bond donors (Lipinski definition) is 1. The Morgan fingerprint density at radius 2 is 2.24 bits per heavy atom. The quantitative estimate of drug-likeness (QED) is 0.925. The highest BCUT2D eigenvalue weighted by atomic mass is 79.9. The SMILES string of the molecule is O=c1[nH]cnc(Oc2cccc(Cl)c2F)c1Br. The number of rotatable bonds is 2. The van der Waals surface area contributed by atoms with Crippen LogP contribution in [-0.4, -0.2) is 9.97 Å². The summed E-state index contributed by atoms with van der Waals surface area (Å²) in [4.78, 5) is 17.3. The molecule has 1 aromatic carbocycles. The third kappa shape index (κ3) is 2.48. The summed E-state index contributed by atoms with van der Waals surface area (Å²) in [5.74, 6) is -0.839. The highest BCUT2D eigenvalue weighted by Crippen LogP contribution is 2.29. The van der Waals surface area contributed by atoms with E-state index in [9.17, 15) is 9.18 Å². The maximum absolute atomic E-state index is 13.5. The number of nitrogens with one attached hydrogen (secondary N) is 1. The second-order valence-corrected chi connectivity index (χ2v) is 4.21. The van der Waals surface area contributed by atoms with Crippen molar-refractivity contribution in [2.75, 3.05) is 0 Å². The summed E-state index contributed by atoms with van der Waals surface area (Å²) in [7, 11) is 0. The average molecular weight is 320 g/mol. The third-order valence-corrected chi connectivity index (χ3v) is 2.88. The molecule has 0 unspecified atom stereocenters. The number of ether oxygens (including phenoxy) is 1. The summed E-state index contributed by atoms with van der Waals surface area (Å²) < 4.78 is 18.8. The van der Waals surface area contributed by atoms with E-state index in [4.69, 9.17) is 16.3 Å². The highest BCUT2D eigenvalue weighted by Gasteiger charge is 2.12. The van der Waals surface area contributed by atoms with Crippen molar-refractivity contribution in [1.82, 2.24) is 9.97 Å². The minimum Gasteiger partial charge on any atom is -0.434 e. The average Bonchev–Trinajstić information content (AvgIpc) is 2.31. The number of benzene rings is 1. The first-order chi connectivity index (χ1) is 8.09. The van der Waals surface area contributed by atoms with E-state index in [1.807, 2.05) is 0 Å². The van der Waals surface area contributed by atoms with E-state index in [2.05, 4.69) is 25.9 Å². The van der Waals surface area contributed by atoms with Crippen LogP contribution in [0.3, 0.4) is 0 Å². The molecule has 0 amide bonds. The van der Waals surface area contributed by atoms with Gasteiger partial charge >= 0.3 is 0 Å². The molecule has 0 aliphatic heterocycles. The molecule has 1 N–H and O–H groups in total. The van der Waals surface area contributed by atoms with Gasteiger partial charge in [-0.3, -0.25) is 4.79 Å². The van der Waals surface area contributed by atoms with Gasteiger partial charge in [0.25, 0.3) is 5.56 Å². The van der Waals surface area contributed by atoms with Crippen LogP contribution in [0.1, 0.15) is 0 Å². The minimum atomic E-state index is -0.705. The zero-order valence-corrected chi connectivity index (χ0v) is 10.5. The number of halogens is 3. The fourth-order valence-electron chi connectivity index (χ4n) is 1.10. The van der Waals surface area contributed by atoms with E-state index < -0.39 is 11.4 Å². The lowest BCUT2D eigenvalue weighted by molar-refractivity contribution is 0.423. The Kier molecular flexibility index (Phi) is 3.44. The van der Waals surface area contributed by atoms with Gasteiger partial charge in [-0.05, 0) is 28.1 Å². The van der Waals surface area contributed by atoms with Crippen molar-refractivity contribution in [2.24, 2.45) is 0 Å². The lowest BCUT2D eigenvalue weighted by atomic mass is 10.3. The van der Waals surface area contributed by atoms with Crippen LogP contribution in [0.5, 0.6) is 11.6 Å². The van der Waals surface area contributed by atoms with Gasteiger partial charge in [0.2, 0.25) is 5.88 Å². The van der Waals surface area contributed by atoms with E-state index >= 15 is 0 Å². The van der Waals surface area contributed by atoms with Gasteiger partial charge < -0.3 is 9.72 Å². The maximum Gasteiger partial charge on any atom is 0.268 e. The summed E-state index contributed by atoms with van der Waals surface area (Å²) in [6.45, 7) is 0. The predicted octanol–water partition coefficient (Wildman–Crippen LogP) is 3.12. The zero-order chi connectivity index (χ0) is 12.4. The molecule has 1 aromatic heterocycles. The van der Waals surface area contributed by atoms with Gasteiger partial charge in [0, 0.05) is 0 Å². The van der Waals surface area contributed by atoms with Crippen molar-refractivity contribution in [3.63, 3.8) is 0 Å². The fraction of sp³-hybridized carbons (Fsp3) is 0. The van der Waals surface area contributed by atoms with E-state index in [1.165, 1.54) is 18.2 Å². The van der Waals surface area contributed by atoms with E-state index in [1.54, 1.807) is 0 Å². The first-order valence-corrected chi connectivity index (χ1v) is 5.61. The second kappa shape index (κ2) is 4.85. The topological polar surface area (TPSA) is 55.0 Å². The van der Waals surface area contributed by atoms with E-state index in [-0.39, 0.29) is 21.1 Å². The molecule has 17 heavy (non-hydrogen) atoms. The van der Waals surface area contributed by atoms with Crippen molar-refractivity contribution in [2.45, 2.75) is 0 Å². The number of aromatic nitrogens is 2. The number of nitrogens with zero attached hydrogens (tertiary/aromatic N) is 1. The molecule has 0 saturated heterocycles. The van der Waals surface area contributed by atoms with Crippen LogP contribution in [0.4, 0.5) is 4.39 Å². The molecule has 88 valence electrons. The molecular formula is C10H5BrClFN2O2. The summed E-state index contributed by atoms with van der Waals surface area (Å²) in [6, 6.07) is 4.31. The van der Waals surface area contributed by atoms with Crippen molar-refractivity contribution in [1.29, 1.82) is 0 Å². The van der Waals surface area contributed by atoms with Gasteiger partial charge in [-0.2, -0.15) is 0 Å². The molecule has 0 aliphatic rings. The van der Waals surface area contributed by atoms with Gasteiger partial charge in [0.15, 0.2) is 11.6 Å². The molecule has 2 aromatic rings. The lowest BCUT2D eigenvalue weighted by Crippen LogP contribution is -2.08. The Morgan fingerprint density at radius 1 is 1.47 bits per heavy atom. The summed E-state index contributed by atoms with van der Waals surface area (Å²) >= 11 is 8.59. The minimum absolute atomic E-state index is 0.0325. The van der Waals surface area contributed by atoms with Gasteiger partial charge in [-0.15, -0.1) is 0 Å². The molecule has 0 aliphatic carbocycles. The number of hydrogen-bond acceptors (Lipinski definition) is 3. The Morgan fingerprint density at radius 3 is 3.00 bits per heavy atom. The molecule has 2 rings (SSSR count). The predicted molar refractivity (Wildman–Crippen MR) is 64.0 cm³/mol. The van der Waals surface area contributed by atoms with Crippen LogP contribution < -0.4 is 10.3 Å². The molecule has 0 saturated carbocycles. The van der Waals surface area contributed by atoms with Crippen LogP contribution in [0.2, 0.25) is 5.02 Å². The van der Waals surface area contributed by atoms with E-state index in [0.29, 0.717) is 0 Å². The van der Waals surface area contributed by atoms with E-state index in [0.717, 1.165) is 6.33 Å². The van der Waals surface area contributed by atoms with Crippen molar-refractivity contribution < 1.29 is 9.13 Å². The van der Waals surface area contributed by atoms with Crippen molar-refractivity contribution in [3.05, 3.63) is 50.2 Å². The lowest BCUT2D eigenvalue weighted by Gasteiger charge is -2.06. The molecule has 0 bridgehead atoms. The summed E-state index contributed by atoms with van der Waals surface area (Å²) in [5, 5.41) is -0.0662. The highest BCUT2D eigenvalue weighted by molar-refractivity contribution is 9.10. The van der Waals surface area contributed by atoms with Crippen molar-refractivity contribution in [3.8, 4) is 11.6 Å². The van der Waals surface area contributed by atoms with Gasteiger partial charge in [-0.25, -0.2) is 9.37 Å². The molecule has 0 atom stereocenters. The first-order valence-electron chi connectivity index (χ1n) is 4.44. The van der Waals surface area contributed by atoms with Gasteiger partial charge in [-0.1, -0.05) is 17.7 Å². The Labute approximate surface area is 109 Å². The van der Waals surface area contributed by atoms with Crippen LogP contribution in [0, 0.1) is 5.82 Å². The van der Waals surface area contributed by atoms with Crippen molar-refractivity contribution >= 4 is 27.5 Å². The Balaban J connectivity index is 2.42. The molecular weight excluding hydrogens is 314 g/mol. The molecule has 0 spiro atoms. The maximum atomic E-state index is 13.5. The number of H-pyrrole nitrogens is 1. The Hall–Kier alpha value is -1.40. The summed E-state index contributed by atoms with van der Waals surface area (Å²) in [5.41, 5.74) is -0.419. The molecule has 7 heteroatoms. The molecule has 0 fully saturated rings. The smallest absolute Gasteiger partial charge is 0.268 e. The molecule has 0 radical (unpaired) electrons. The number of aromatic amines is 1. The monoisotopic (exact) mass is 318 g/mol. The third-order valence-electron chi connectivity index (χ3n) is 1.89. The van der Waals surface area contributed by atoms with Crippen LogP contribution >= 0.6 is 27.5 Å². The largest absolute Gasteiger partial charge is 0.434 e. The summed E-state index contributed by atoms with van der Waals surface area (Å²) in [6.07, 6.45) is 1.16. The van der Waals surface area contributed by atoms with Gasteiger partial charge in [0.1, 0.15) is 4.47 Å². The standard InChI is InChI=1S/C10H5BrClFN2O2/c11-7-9(16)14-4-15-10(7)17-6-3-1-2-5(12)8(6)13/h1-4H,(H,14,15,16). The van der Waals surface area contributed by atoms with Crippen LogP contribution in [-0.2, 0) is 0 Å². The van der Waals surface area contributed by atoms with Crippen LogP contribution in [0.15, 0.2) is 33.8 Å². The second-order valence-electron chi connectivity index (χ2n) is 3.00. The molecule has 4 nitrogen and oxygen atoms in total. The van der Waals surface area contributed by atoms with Crippen LogP contribution in [0.25, 0.3) is 0 Å². The Bertz CT molecular complexity index is 617. The molecule has 1 heterocycles. The normalized spacial score (nSPS) is 10.3. The first kappa shape index (κ1) is 12.1. The zero-order valence-electron chi connectivity index (χ0n) is 8.21.